The second kappa shape index (κ2) is 11.1. The molecule has 0 spiro atoms. The Balaban J connectivity index is 1.87. The van der Waals surface area contributed by atoms with E-state index in [1.165, 1.54) is 36.6 Å². The maximum Gasteiger partial charge on any atom is 0.243 e. The second-order valence-electron chi connectivity index (χ2n) is 7.87. The third-order valence-corrected chi connectivity index (χ3v) is 6.43. The largest absolute Gasteiger partial charge is 0.467 e. The van der Waals surface area contributed by atoms with E-state index in [0.717, 1.165) is 11.0 Å². The van der Waals surface area contributed by atoms with Gasteiger partial charge in [-0.15, -0.1) is 0 Å². The molecule has 3 aromatic rings. The van der Waals surface area contributed by atoms with Crippen molar-refractivity contribution in [3.8, 4) is 0 Å². The van der Waals surface area contributed by atoms with Crippen molar-refractivity contribution < 1.29 is 26.8 Å². The molecule has 0 bridgehead atoms. The van der Waals surface area contributed by atoms with Gasteiger partial charge in [-0.3, -0.25) is 14.5 Å². The first-order valence-electron chi connectivity index (χ1n) is 10.6. The number of furan rings is 1. The molecule has 10 heteroatoms. The molecule has 3 rings (SSSR count). The molecular weight excluding hydrogens is 461 g/mol. The molecule has 0 aliphatic heterocycles. The molecule has 1 aromatic heterocycles. The van der Waals surface area contributed by atoms with Gasteiger partial charge >= 0.3 is 0 Å². The smallest absolute Gasteiger partial charge is 0.243 e. The number of carbonyl (C=O) groups is 2. The van der Waals surface area contributed by atoms with Crippen molar-refractivity contribution in [2.45, 2.75) is 31.3 Å². The maximum atomic E-state index is 14.0. The molecule has 0 fully saturated rings. The summed E-state index contributed by atoms with van der Waals surface area (Å²) >= 11 is 0. The van der Waals surface area contributed by atoms with Gasteiger partial charge in [-0.2, -0.15) is 0 Å². The van der Waals surface area contributed by atoms with E-state index >= 15 is 0 Å². The Morgan fingerprint density at radius 3 is 2.38 bits per heavy atom. The SMILES string of the molecule is CC(C)[C@H](C(=O)NCc1ccco1)N(C(=O)CNS(=O)(=O)c1ccccc1)c1cccc(F)c1. The molecule has 0 saturated carbocycles. The summed E-state index contributed by atoms with van der Waals surface area (Å²) in [7, 11) is -3.97. The van der Waals surface area contributed by atoms with Crippen molar-refractivity contribution in [1.82, 2.24) is 10.0 Å². The first-order valence-corrected chi connectivity index (χ1v) is 12.1. The van der Waals surface area contributed by atoms with Crippen LogP contribution in [0.3, 0.4) is 0 Å². The van der Waals surface area contributed by atoms with Crippen LogP contribution in [0.5, 0.6) is 0 Å². The fraction of sp³-hybridized carbons (Fsp3) is 0.250. The number of anilines is 1. The highest BCUT2D eigenvalue weighted by Crippen LogP contribution is 2.23. The summed E-state index contributed by atoms with van der Waals surface area (Å²) in [5, 5.41) is 2.73. The number of hydrogen-bond donors (Lipinski definition) is 2. The Hall–Kier alpha value is -3.50. The van der Waals surface area contributed by atoms with Crippen LogP contribution in [0, 0.1) is 11.7 Å². The normalized spacial score (nSPS) is 12.4. The van der Waals surface area contributed by atoms with Crippen molar-refractivity contribution in [3.05, 3.63) is 84.6 Å². The summed E-state index contributed by atoms with van der Waals surface area (Å²) < 4.78 is 46.7. The summed E-state index contributed by atoms with van der Waals surface area (Å²) in [5.74, 6) is -1.66. The highest BCUT2D eigenvalue weighted by atomic mass is 32.2. The van der Waals surface area contributed by atoms with Gasteiger partial charge in [0, 0.05) is 5.69 Å². The monoisotopic (exact) mass is 487 g/mol. The predicted molar refractivity (Wildman–Crippen MR) is 125 cm³/mol. The van der Waals surface area contributed by atoms with Crippen LogP contribution < -0.4 is 14.9 Å². The molecule has 2 N–H and O–H groups in total. The molecule has 2 amide bonds. The zero-order valence-electron chi connectivity index (χ0n) is 18.8. The molecule has 1 heterocycles. The van der Waals surface area contributed by atoms with E-state index in [1.807, 2.05) is 0 Å². The minimum Gasteiger partial charge on any atom is -0.467 e. The Kier molecular flexibility index (Phi) is 8.19. The van der Waals surface area contributed by atoms with Gasteiger partial charge in [0.2, 0.25) is 21.8 Å². The van der Waals surface area contributed by atoms with Crippen LogP contribution in [0.2, 0.25) is 0 Å². The number of benzene rings is 2. The van der Waals surface area contributed by atoms with Gasteiger partial charge in [-0.25, -0.2) is 17.5 Å². The van der Waals surface area contributed by atoms with E-state index in [0.29, 0.717) is 5.76 Å². The lowest BCUT2D eigenvalue weighted by Gasteiger charge is -2.33. The lowest BCUT2D eigenvalue weighted by molar-refractivity contribution is -0.127. The van der Waals surface area contributed by atoms with Crippen molar-refractivity contribution in [1.29, 1.82) is 0 Å². The fourth-order valence-corrected chi connectivity index (χ4v) is 4.42. The number of hydrogen-bond acceptors (Lipinski definition) is 5. The van der Waals surface area contributed by atoms with Gasteiger partial charge in [0.15, 0.2) is 0 Å². The van der Waals surface area contributed by atoms with Gasteiger partial charge in [0.05, 0.1) is 24.2 Å². The van der Waals surface area contributed by atoms with Gasteiger partial charge in [0.1, 0.15) is 17.6 Å². The average molecular weight is 488 g/mol. The lowest BCUT2D eigenvalue weighted by atomic mass is 10.00. The Bertz CT molecular complexity index is 1210. The Morgan fingerprint density at radius 1 is 1.03 bits per heavy atom. The summed E-state index contributed by atoms with van der Waals surface area (Å²) in [5.41, 5.74) is 0.135. The molecule has 0 aliphatic rings. The highest BCUT2D eigenvalue weighted by Gasteiger charge is 2.34. The van der Waals surface area contributed by atoms with Crippen LogP contribution in [0.4, 0.5) is 10.1 Å². The van der Waals surface area contributed by atoms with E-state index in [-0.39, 0.29) is 23.0 Å². The number of rotatable bonds is 10. The van der Waals surface area contributed by atoms with Crippen LogP contribution in [-0.4, -0.2) is 32.8 Å². The first kappa shape index (κ1) is 25.1. The topological polar surface area (TPSA) is 109 Å². The van der Waals surface area contributed by atoms with Crippen LogP contribution in [0.1, 0.15) is 19.6 Å². The van der Waals surface area contributed by atoms with Crippen molar-refractivity contribution >= 4 is 27.5 Å². The molecule has 8 nitrogen and oxygen atoms in total. The quantitative estimate of drug-likeness (QED) is 0.457. The van der Waals surface area contributed by atoms with Gasteiger partial charge in [-0.05, 0) is 48.4 Å². The van der Waals surface area contributed by atoms with E-state index in [9.17, 15) is 22.4 Å². The molecule has 34 heavy (non-hydrogen) atoms. The second-order valence-corrected chi connectivity index (χ2v) is 9.63. The number of carbonyl (C=O) groups excluding carboxylic acids is 2. The fourth-order valence-electron chi connectivity index (χ4n) is 3.42. The third-order valence-electron chi connectivity index (χ3n) is 5.02. The van der Waals surface area contributed by atoms with Crippen molar-refractivity contribution in [3.63, 3.8) is 0 Å². The van der Waals surface area contributed by atoms with E-state index in [2.05, 4.69) is 10.0 Å². The molecule has 0 aliphatic carbocycles. The standard InChI is InChI=1S/C24H26FN3O5S/c1-17(2)23(24(30)26-15-20-10-7-13-33-20)28(19-9-6-8-18(25)14-19)22(29)16-27-34(31,32)21-11-4-3-5-12-21/h3-14,17,23,27H,15-16H2,1-2H3,(H,26,30)/t23-/m1/s1. The van der Waals surface area contributed by atoms with Gasteiger partial charge in [-0.1, -0.05) is 38.1 Å². The molecule has 0 saturated heterocycles. The molecule has 1 atom stereocenters. The van der Waals surface area contributed by atoms with E-state index < -0.39 is 40.2 Å². The average Bonchev–Trinajstić information content (AvgIpc) is 3.33. The molecule has 0 radical (unpaired) electrons. The maximum absolute atomic E-state index is 14.0. The Labute approximate surface area is 197 Å². The number of amides is 2. The zero-order chi connectivity index (χ0) is 24.7. The summed E-state index contributed by atoms with van der Waals surface area (Å²) in [6.45, 7) is 2.96. The van der Waals surface area contributed by atoms with Gasteiger partial charge < -0.3 is 9.73 Å². The van der Waals surface area contributed by atoms with Crippen LogP contribution >= 0.6 is 0 Å². The number of sulfonamides is 1. The van der Waals surface area contributed by atoms with E-state index in [4.69, 9.17) is 4.42 Å². The molecule has 180 valence electrons. The van der Waals surface area contributed by atoms with Gasteiger partial charge in [0.25, 0.3) is 0 Å². The lowest BCUT2D eigenvalue weighted by Crippen LogP contribution is -2.54. The zero-order valence-corrected chi connectivity index (χ0v) is 19.6. The number of nitrogens with one attached hydrogen (secondary N) is 2. The molecular formula is C24H26FN3O5S. The summed E-state index contributed by atoms with van der Waals surface area (Å²) in [6, 6.07) is 15.2. The van der Waals surface area contributed by atoms with Crippen LogP contribution in [0.25, 0.3) is 0 Å². The molecule has 2 aromatic carbocycles. The first-order chi connectivity index (χ1) is 16.2. The van der Waals surface area contributed by atoms with Crippen LogP contribution in [0.15, 0.2) is 82.3 Å². The van der Waals surface area contributed by atoms with E-state index in [1.54, 1.807) is 44.2 Å². The summed E-state index contributed by atoms with van der Waals surface area (Å²) in [6.07, 6.45) is 1.48. The highest BCUT2D eigenvalue weighted by molar-refractivity contribution is 7.89. The summed E-state index contributed by atoms with van der Waals surface area (Å²) in [4.78, 5) is 27.5. The predicted octanol–water partition coefficient (Wildman–Crippen LogP) is 3.07. The van der Waals surface area contributed by atoms with Crippen molar-refractivity contribution in [2.24, 2.45) is 5.92 Å². The van der Waals surface area contributed by atoms with Crippen LogP contribution in [-0.2, 0) is 26.2 Å². The number of halogens is 1. The number of nitrogens with zero attached hydrogens (tertiary/aromatic N) is 1. The molecule has 0 unspecified atom stereocenters. The third kappa shape index (κ3) is 6.30. The minimum absolute atomic E-state index is 0.00305. The minimum atomic E-state index is -3.97. The Morgan fingerprint density at radius 2 is 1.76 bits per heavy atom. The van der Waals surface area contributed by atoms with Crippen molar-refractivity contribution in [2.75, 3.05) is 11.4 Å².